The average Bonchev–Trinajstić information content (AvgIpc) is 2.82. The van der Waals surface area contributed by atoms with Crippen LogP contribution in [0.15, 0.2) is 58.5 Å². The van der Waals surface area contributed by atoms with Gasteiger partial charge >= 0.3 is 0 Å². The topological polar surface area (TPSA) is 25.0 Å². The number of rotatable bonds is 3. The molecule has 4 heteroatoms. The zero-order valence-corrected chi connectivity index (χ0v) is 11.9. The van der Waals surface area contributed by atoms with Gasteiger partial charge in [0.2, 0.25) is 0 Å². The maximum atomic E-state index is 6.06. The summed E-state index contributed by atoms with van der Waals surface area (Å²) in [7, 11) is 1.69. The van der Waals surface area contributed by atoms with E-state index in [1.54, 1.807) is 18.9 Å². The van der Waals surface area contributed by atoms with Gasteiger partial charge in [0.25, 0.3) is 0 Å². The Balaban J connectivity index is 2.03. The van der Waals surface area contributed by atoms with Crippen LogP contribution in [0.3, 0.4) is 0 Å². The molecule has 2 nitrogen and oxygen atoms in total. The largest absolute Gasteiger partial charge is 0.496 e. The van der Waals surface area contributed by atoms with Gasteiger partial charge in [-0.1, -0.05) is 35.5 Å². The number of hydrogen-bond donors (Lipinski definition) is 1. The molecule has 96 valence electrons. The summed E-state index contributed by atoms with van der Waals surface area (Å²) in [4.78, 5) is 5.48. The number of aromatic amines is 1. The van der Waals surface area contributed by atoms with E-state index < -0.39 is 0 Å². The molecule has 3 aromatic rings. The Morgan fingerprint density at radius 3 is 2.79 bits per heavy atom. The maximum absolute atomic E-state index is 6.06. The van der Waals surface area contributed by atoms with Crippen molar-refractivity contribution < 1.29 is 4.74 Å². The molecule has 3 rings (SSSR count). The molecule has 1 heterocycles. The summed E-state index contributed by atoms with van der Waals surface area (Å²) in [5.41, 5.74) is 1.08. The first-order valence-corrected chi connectivity index (χ1v) is 7.05. The molecule has 1 N–H and O–H groups in total. The number of para-hydroxylation sites is 1. The Morgan fingerprint density at radius 2 is 1.95 bits per heavy atom. The molecular formula is C15H12ClNOS. The number of ether oxygens (including phenoxy) is 1. The third kappa shape index (κ3) is 2.44. The third-order valence-corrected chi connectivity index (χ3v) is 4.24. The number of nitrogens with one attached hydrogen (secondary N) is 1. The van der Waals surface area contributed by atoms with Crippen LogP contribution in [0.5, 0.6) is 5.75 Å². The second-order valence-corrected chi connectivity index (χ2v) is 5.62. The van der Waals surface area contributed by atoms with Crippen molar-refractivity contribution in [3.8, 4) is 5.75 Å². The SMILES string of the molecule is COc1ccccc1Sc1c[nH]c2ccc(Cl)cc12. The van der Waals surface area contributed by atoms with E-state index in [4.69, 9.17) is 16.3 Å². The molecule has 0 unspecified atom stereocenters. The zero-order chi connectivity index (χ0) is 13.2. The highest BCUT2D eigenvalue weighted by Gasteiger charge is 2.09. The minimum Gasteiger partial charge on any atom is -0.496 e. The standard InChI is InChI=1S/C15H12ClNOS/c1-18-13-4-2-3-5-14(13)19-15-9-17-12-7-6-10(16)8-11(12)15/h2-9,17H,1H3. The molecule has 0 amide bonds. The summed E-state index contributed by atoms with van der Waals surface area (Å²) >= 11 is 7.73. The molecule has 0 atom stereocenters. The van der Waals surface area contributed by atoms with Crippen LogP contribution in [0.25, 0.3) is 10.9 Å². The molecule has 0 aliphatic rings. The Labute approximate surface area is 120 Å². The molecule has 0 saturated heterocycles. The van der Waals surface area contributed by atoms with Crippen molar-refractivity contribution in [2.24, 2.45) is 0 Å². The van der Waals surface area contributed by atoms with Gasteiger partial charge in [0.05, 0.1) is 12.0 Å². The fourth-order valence-electron chi connectivity index (χ4n) is 1.97. The van der Waals surface area contributed by atoms with Crippen molar-refractivity contribution in [3.05, 3.63) is 53.7 Å². The summed E-state index contributed by atoms with van der Waals surface area (Å²) < 4.78 is 5.37. The molecular weight excluding hydrogens is 278 g/mol. The minimum atomic E-state index is 0.744. The van der Waals surface area contributed by atoms with Gasteiger partial charge < -0.3 is 9.72 Å². The minimum absolute atomic E-state index is 0.744. The van der Waals surface area contributed by atoms with Gasteiger partial charge in [-0.2, -0.15) is 0 Å². The average molecular weight is 290 g/mol. The Kier molecular flexibility index (Phi) is 3.40. The molecule has 0 aliphatic heterocycles. The van der Waals surface area contributed by atoms with Crippen LogP contribution >= 0.6 is 23.4 Å². The van der Waals surface area contributed by atoms with Crippen molar-refractivity contribution in [2.75, 3.05) is 7.11 Å². The lowest BCUT2D eigenvalue weighted by atomic mass is 10.2. The van der Waals surface area contributed by atoms with E-state index in [1.807, 2.05) is 48.7 Å². The maximum Gasteiger partial charge on any atom is 0.132 e. The quantitative estimate of drug-likeness (QED) is 0.735. The van der Waals surface area contributed by atoms with Crippen LogP contribution in [-0.4, -0.2) is 12.1 Å². The van der Waals surface area contributed by atoms with Crippen molar-refractivity contribution in [1.82, 2.24) is 4.98 Å². The van der Waals surface area contributed by atoms with Gasteiger partial charge in [-0.25, -0.2) is 0 Å². The zero-order valence-electron chi connectivity index (χ0n) is 10.3. The summed E-state index contributed by atoms with van der Waals surface area (Å²) in [6.07, 6.45) is 2.00. The van der Waals surface area contributed by atoms with Crippen molar-refractivity contribution in [2.45, 2.75) is 9.79 Å². The highest BCUT2D eigenvalue weighted by atomic mass is 35.5. The molecule has 19 heavy (non-hydrogen) atoms. The first-order valence-electron chi connectivity index (χ1n) is 5.85. The predicted octanol–water partition coefficient (Wildman–Crippen LogP) is 4.98. The summed E-state index contributed by atoms with van der Waals surface area (Å²) in [5.74, 6) is 0.879. The van der Waals surface area contributed by atoms with Crippen LogP contribution < -0.4 is 4.74 Å². The van der Waals surface area contributed by atoms with Crippen LogP contribution in [0.4, 0.5) is 0 Å². The molecule has 0 radical (unpaired) electrons. The van der Waals surface area contributed by atoms with Gasteiger partial charge in [-0.3, -0.25) is 0 Å². The van der Waals surface area contributed by atoms with Crippen LogP contribution in [0.2, 0.25) is 5.02 Å². The highest BCUT2D eigenvalue weighted by Crippen LogP contribution is 2.38. The van der Waals surface area contributed by atoms with Gasteiger partial charge in [0.1, 0.15) is 5.75 Å². The Hall–Kier alpha value is -1.58. The lowest BCUT2D eigenvalue weighted by molar-refractivity contribution is 0.405. The monoisotopic (exact) mass is 289 g/mol. The van der Waals surface area contributed by atoms with Gasteiger partial charge in [0.15, 0.2) is 0 Å². The molecule has 0 spiro atoms. The number of H-pyrrole nitrogens is 1. The number of halogens is 1. The van der Waals surface area contributed by atoms with Gasteiger partial charge in [0, 0.05) is 27.0 Å². The van der Waals surface area contributed by atoms with E-state index in [0.29, 0.717) is 0 Å². The van der Waals surface area contributed by atoms with E-state index in [9.17, 15) is 0 Å². The molecule has 0 bridgehead atoms. The number of benzene rings is 2. The lowest BCUT2D eigenvalue weighted by Crippen LogP contribution is -1.84. The van der Waals surface area contributed by atoms with E-state index in [2.05, 4.69) is 4.98 Å². The molecule has 0 aliphatic carbocycles. The van der Waals surface area contributed by atoms with Crippen molar-refractivity contribution in [1.29, 1.82) is 0 Å². The Bertz CT molecular complexity index is 723. The number of fused-ring (bicyclic) bond motifs is 1. The lowest BCUT2D eigenvalue weighted by Gasteiger charge is -2.06. The normalized spacial score (nSPS) is 10.8. The van der Waals surface area contributed by atoms with Crippen LogP contribution in [0, 0.1) is 0 Å². The fraction of sp³-hybridized carbons (Fsp3) is 0.0667. The molecule has 2 aromatic carbocycles. The van der Waals surface area contributed by atoms with E-state index in [-0.39, 0.29) is 0 Å². The van der Waals surface area contributed by atoms with Gasteiger partial charge in [-0.15, -0.1) is 0 Å². The van der Waals surface area contributed by atoms with E-state index in [0.717, 1.165) is 31.5 Å². The smallest absolute Gasteiger partial charge is 0.132 e. The first kappa shape index (κ1) is 12.5. The Morgan fingerprint density at radius 1 is 1.11 bits per heavy atom. The van der Waals surface area contributed by atoms with Crippen LogP contribution in [-0.2, 0) is 0 Å². The fourth-order valence-corrected chi connectivity index (χ4v) is 3.18. The van der Waals surface area contributed by atoms with Gasteiger partial charge in [-0.05, 0) is 30.3 Å². The van der Waals surface area contributed by atoms with E-state index in [1.165, 1.54) is 0 Å². The van der Waals surface area contributed by atoms with E-state index >= 15 is 0 Å². The first-order chi connectivity index (χ1) is 9.28. The number of aromatic nitrogens is 1. The summed E-state index contributed by atoms with van der Waals surface area (Å²) in [6.45, 7) is 0. The second-order valence-electron chi connectivity index (χ2n) is 4.10. The highest BCUT2D eigenvalue weighted by molar-refractivity contribution is 7.99. The molecule has 0 saturated carbocycles. The number of hydrogen-bond acceptors (Lipinski definition) is 2. The summed E-state index contributed by atoms with van der Waals surface area (Å²) in [6, 6.07) is 13.8. The van der Waals surface area contributed by atoms with Crippen molar-refractivity contribution in [3.63, 3.8) is 0 Å². The van der Waals surface area contributed by atoms with Crippen LogP contribution in [0.1, 0.15) is 0 Å². The summed E-state index contributed by atoms with van der Waals surface area (Å²) in [5, 5.41) is 1.87. The molecule has 1 aromatic heterocycles. The number of methoxy groups -OCH3 is 1. The third-order valence-electron chi connectivity index (χ3n) is 2.89. The molecule has 0 fully saturated rings. The second kappa shape index (κ2) is 5.19. The van der Waals surface area contributed by atoms with Crippen molar-refractivity contribution >= 4 is 34.3 Å². The predicted molar refractivity (Wildman–Crippen MR) is 80.4 cm³/mol.